The highest BCUT2D eigenvalue weighted by atomic mass is 16.4. The first-order valence-electron chi connectivity index (χ1n) is 18.2. The topological polar surface area (TPSA) is 389 Å². The summed E-state index contributed by atoms with van der Waals surface area (Å²) in [7, 11) is 0. The summed E-state index contributed by atoms with van der Waals surface area (Å²) in [6, 6.07) is 0. The van der Waals surface area contributed by atoms with E-state index in [0.29, 0.717) is 0 Å². The number of nitrogens with one attached hydrogen (secondary N) is 3. The number of carboxylic acids is 8. The molecule has 22 heteroatoms. The Labute approximate surface area is 341 Å². The third kappa shape index (κ3) is 12.1. The van der Waals surface area contributed by atoms with Crippen molar-refractivity contribution in [1.29, 1.82) is 0 Å². The van der Waals surface area contributed by atoms with Gasteiger partial charge < -0.3 is 56.1 Å². The van der Waals surface area contributed by atoms with Crippen LogP contribution >= 0.6 is 0 Å². The lowest BCUT2D eigenvalue weighted by Crippen LogP contribution is -2.17. The molecule has 0 atom stereocenters. The summed E-state index contributed by atoms with van der Waals surface area (Å²) in [5.41, 5.74) is -0.834. The molecule has 61 heavy (non-hydrogen) atoms. The van der Waals surface area contributed by atoms with E-state index in [1.807, 2.05) is 0 Å². The van der Waals surface area contributed by atoms with Gasteiger partial charge in [-0.15, -0.1) is 0 Å². The fourth-order valence-electron chi connectivity index (χ4n) is 6.94. The molecule has 0 saturated heterocycles. The van der Waals surface area contributed by atoms with Gasteiger partial charge >= 0.3 is 47.8 Å². The van der Waals surface area contributed by atoms with Crippen molar-refractivity contribution in [2.24, 2.45) is 4.99 Å². The second-order valence-corrected chi connectivity index (χ2v) is 13.7. The minimum atomic E-state index is -1.41. The summed E-state index contributed by atoms with van der Waals surface area (Å²) in [6.07, 6.45) is -2.93. The zero-order valence-electron chi connectivity index (χ0n) is 31.8. The SMILES string of the molecule is O=C(O)CCC1=C(CC(=O)O)C(C=c2[nH]c(=Cc3[nH]c(C=C4NC(=O)C(CC(=O)O)=C4CCC(=O)O)c(CC(=O)O)c3CCC(=O)O)c(CC(=O)O)c2CCC(=O)O)=NC1=O. The number of aliphatic carboxylic acids is 8. The Morgan fingerprint density at radius 1 is 0.443 bits per heavy atom. The van der Waals surface area contributed by atoms with Crippen LogP contribution in [0, 0.1) is 0 Å². The number of amides is 2. The number of allylic oxidation sites excluding steroid dienone is 1. The van der Waals surface area contributed by atoms with Crippen molar-refractivity contribution in [1.82, 2.24) is 15.3 Å². The summed E-state index contributed by atoms with van der Waals surface area (Å²) in [5, 5.41) is 79.0. The van der Waals surface area contributed by atoms with Gasteiger partial charge in [-0.1, -0.05) is 0 Å². The zero-order valence-corrected chi connectivity index (χ0v) is 31.8. The number of aliphatic imine (C=N–C) groups is 1. The molecule has 0 spiro atoms. The van der Waals surface area contributed by atoms with E-state index in [2.05, 4.69) is 20.3 Å². The first-order valence-corrected chi connectivity index (χ1v) is 18.2. The van der Waals surface area contributed by atoms with Crippen LogP contribution in [-0.4, -0.2) is 116 Å². The molecule has 2 aromatic heterocycles. The lowest BCUT2D eigenvalue weighted by molar-refractivity contribution is -0.138. The van der Waals surface area contributed by atoms with Crippen LogP contribution in [-0.2, 0) is 73.6 Å². The molecule has 0 bridgehead atoms. The molecule has 2 aliphatic heterocycles. The molecular formula is C39H38N4O18. The van der Waals surface area contributed by atoms with Crippen LogP contribution in [0.5, 0.6) is 0 Å². The predicted molar refractivity (Wildman–Crippen MR) is 204 cm³/mol. The van der Waals surface area contributed by atoms with Crippen molar-refractivity contribution in [2.45, 2.75) is 77.0 Å². The van der Waals surface area contributed by atoms with Gasteiger partial charge in [-0.2, -0.15) is 0 Å². The van der Waals surface area contributed by atoms with Gasteiger partial charge in [0.2, 0.25) is 0 Å². The molecule has 0 aromatic carbocycles. The average Bonchev–Trinajstić information content (AvgIpc) is 3.80. The Hall–Kier alpha value is -7.91. The molecule has 2 amide bonds. The third-order valence-electron chi connectivity index (χ3n) is 9.46. The predicted octanol–water partition coefficient (Wildman–Crippen LogP) is -0.0352. The molecule has 0 saturated carbocycles. The van der Waals surface area contributed by atoms with E-state index in [0.717, 1.165) is 0 Å². The van der Waals surface area contributed by atoms with Crippen molar-refractivity contribution < 1.29 is 88.8 Å². The fraction of sp³-hybridized carbons (Fsp3) is 0.308. The first kappa shape index (κ1) is 45.8. The number of aromatic amines is 2. The van der Waals surface area contributed by atoms with Gasteiger partial charge in [0, 0.05) is 64.6 Å². The molecule has 2 aromatic rings. The zero-order chi connectivity index (χ0) is 45.3. The maximum Gasteiger partial charge on any atom is 0.308 e. The number of rotatable bonds is 23. The van der Waals surface area contributed by atoms with Crippen molar-refractivity contribution >= 4 is 83.5 Å². The van der Waals surface area contributed by atoms with Crippen LogP contribution < -0.4 is 16.0 Å². The smallest absolute Gasteiger partial charge is 0.308 e. The summed E-state index contributed by atoms with van der Waals surface area (Å²) in [4.78, 5) is 130. The quantitative estimate of drug-likeness (QED) is 0.0699. The van der Waals surface area contributed by atoms with E-state index >= 15 is 0 Å². The molecule has 4 heterocycles. The maximum atomic E-state index is 12.9. The summed E-state index contributed by atoms with van der Waals surface area (Å²) >= 11 is 0. The Morgan fingerprint density at radius 3 is 1.44 bits per heavy atom. The fourth-order valence-corrected chi connectivity index (χ4v) is 6.94. The van der Waals surface area contributed by atoms with Crippen LogP contribution in [0.2, 0.25) is 0 Å². The molecule has 11 N–H and O–H groups in total. The highest BCUT2D eigenvalue weighted by Gasteiger charge is 2.31. The lowest BCUT2D eigenvalue weighted by atomic mass is 9.97. The van der Waals surface area contributed by atoms with Gasteiger partial charge in [-0.25, -0.2) is 4.99 Å². The molecule has 0 aliphatic carbocycles. The summed E-state index contributed by atoms with van der Waals surface area (Å²) < 4.78 is 0. The summed E-state index contributed by atoms with van der Waals surface area (Å²) in [6.45, 7) is 0. The number of hydrogen-bond acceptors (Lipinski definition) is 10. The van der Waals surface area contributed by atoms with Crippen LogP contribution in [0.3, 0.4) is 0 Å². The van der Waals surface area contributed by atoms with Gasteiger partial charge in [0.05, 0.1) is 31.4 Å². The van der Waals surface area contributed by atoms with Gasteiger partial charge in [-0.05, 0) is 77.3 Å². The summed E-state index contributed by atoms with van der Waals surface area (Å²) in [5.74, 6) is -12.5. The van der Waals surface area contributed by atoms with Gasteiger partial charge in [0.15, 0.2) is 0 Å². The second-order valence-electron chi connectivity index (χ2n) is 13.7. The molecule has 322 valence electrons. The van der Waals surface area contributed by atoms with Crippen molar-refractivity contribution in [3.8, 4) is 0 Å². The van der Waals surface area contributed by atoms with Crippen LogP contribution in [0.1, 0.15) is 85.0 Å². The highest BCUT2D eigenvalue weighted by molar-refractivity contribution is 6.32. The monoisotopic (exact) mass is 850 g/mol. The van der Waals surface area contributed by atoms with E-state index < -0.39 is 111 Å². The van der Waals surface area contributed by atoms with Crippen molar-refractivity contribution in [3.05, 3.63) is 72.3 Å². The molecule has 0 unspecified atom stereocenters. The van der Waals surface area contributed by atoms with Gasteiger partial charge in [-0.3, -0.25) is 47.9 Å². The lowest BCUT2D eigenvalue weighted by Gasteiger charge is -2.07. The number of aromatic nitrogens is 2. The molecule has 0 radical (unpaired) electrons. The molecule has 2 aliphatic rings. The Bertz CT molecular complexity index is 2530. The van der Waals surface area contributed by atoms with E-state index in [4.69, 9.17) is 0 Å². The number of H-pyrrole nitrogens is 2. The van der Waals surface area contributed by atoms with E-state index in [9.17, 15) is 88.8 Å². The standard InChI is InChI=1S/C39H38N4O18/c44-30(45)5-1-16-21(10-35(54)55)28(15-26-18(3-7-32(48)49)23(12-37(58)59)39(61)42-26)40-24(16)13-27-20(9-34(52)53)17(2-6-31(46)47)25(41-27)14-29-22(11-36(56)57)19(38(60)43-29)4-8-33(50)51/h13-15,40-41H,1-12H2,(H,42,61)(H,44,45)(H,46,47)(H,48,49)(H,50,51)(H,52,53)(H,54,55)(H,56,57)(H,58,59). The van der Waals surface area contributed by atoms with E-state index in [1.165, 1.54) is 18.2 Å². The molecule has 22 nitrogen and oxygen atoms in total. The molecule has 0 fully saturated rings. The van der Waals surface area contributed by atoms with E-state index in [-0.39, 0.29) is 104 Å². The second kappa shape index (κ2) is 19.7. The van der Waals surface area contributed by atoms with Gasteiger partial charge in [0.25, 0.3) is 11.8 Å². The number of carbonyl (C=O) groups is 10. The molecular weight excluding hydrogens is 812 g/mol. The first-order chi connectivity index (χ1) is 28.6. The number of nitrogens with zero attached hydrogens (tertiary/aromatic N) is 1. The number of hydrogen-bond donors (Lipinski definition) is 11. The maximum absolute atomic E-state index is 12.9. The minimum absolute atomic E-state index is 0.00414. The van der Waals surface area contributed by atoms with Crippen molar-refractivity contribution in [3.63, 3.8) is 0 Å². The van der Waals surface area contributed by atoms with Crippen LogP contribution in [0.25, 0.3) is 18.2 Å². The average molecular weight is 851 g/mol. The number of carbonyl (C=O) groups excluding carboxylic acids is 2. The third-order valence-corrected chi connectivity index (χ3v) is 9.46. The van der Waals surface area contributed by atoms with E-state index in [1.54, 1.807) is 0 Å². The van der Waals surface area contributed by atoms with Gasteiger partial charge in [0.1, 0.15) is 0 Å². The Balaban J connectivity index is 2.09. The number of carboxylic acid groups (broad SMARTS) is 8. The highest BCUT2D eigenvalue weighted by Crippen LogP contribution is 2.32. The molecule has 4 rings (SSSR count). The van der Waals surface area contributed by atoms with Crippen LogP contribution in [0.4, 0.5) is 0 Å². The normalized spacial score (nSPS) is 15.1. The Morgan fingerprint density at radius 2 is 0.902 bits per heavy atom. The van der Waals surface area contributed by atoms with Crippen LogP contribution in [0.15, 0.2) is 33.0 Å². The largest absolute Gasteiger partial charge is 0.481 e. The Kier molecular flexibility index (Phi) is 14.8. The minimum Gasteiger partial charge on any atom is -0.481 e. The van der Waals surface area contributed by atoms with Crippen molar-refractivity contribution in [2.75, 3.05) is 0 Å².